The predicted octanol–water partition coefficient (Wildman–Crippen LogP) is 1.56. The van der Waals surface area contributed by atoms with Crippen LogP contribution < -0.4 is 0 Å². The molecule has 2 N–H and O–H groups in total. The van der Waals surface area contributed by atoms with Crippen LogP contribution in [0, 0.1) is 6.92 Å². The van der Waals surface area contributed by atoms with Crippen molar-refractivity contribution in [3.05, 3.63) is 21.9 Å². The quantitative estimate of drug-likeness (QED) is 0.720. The molecule has 12 heavy (non-hydrogen) atoms. The van der Waals surface area contributed by atoms with Crippen molar-refractivity contribution in [3.8, 4) is 5.75 Å². The summed E-state index contributed by atoms with van der Waals surface area (Å²) in [6.45, 7) is 1.53. The number of carboxylic acids is 1. The fraction of sp³-hybridized carbons (Fsp3) is 0.143. The zero-order chi connectivity index (χ0) is 9.30. The first-order chi connectivity index (χ1) is 5.52. The van der Waals surface area contributed by atoms with E-state index in [2.05, 4.69) is 20.9 Å². The van der Waals surface area contributed by atoms with Crippen molar-refractivity contribution in [2.45, 2.75) is 6.92 Å². The molecule has 0 unspecified atom stereocenters. The lowest BCUT2D eigenvalue weighted by Crippen LogP contribution is -1.99. The average molecular weight is 232 g/mol. The second-order valence-corrected chi connectivity index (χ2v) is 3.04. The van der Waals surface area contributed by atoms with Gasteiger partial charge in [-0.25, -0.2) is 9.78 Å². The second kappa shape index (κ2) is 3.10. The highest BCUT2D eigenvalue weighted by atomic mass is 79.9. The van der Waals surface area contributed by atoms with Crippen LogP contribution in [0.3, 0.4) is 0 Å². The van der Waals surface area contributed by atoms with Gasteiger partial charge in [-0.2, -0.15) is 0 Å². The van der Waals surface area contributed by atoms with Crippen molar-refractivity contribution in [2.75, 3.05) is 0 Å². The summed E-state index contributed by atoms with van der Waals surface area (Å²) in [5.74, 6) is -1.45. The topological polar surface area (TPSA) is 70.4 Å². The van der Waals surface area contributed by atoms with E-state index < -0.39 is 5.97 Å². The first kappa shape index (κ1) is 8.99. The summed E-state index contributed by atoms with van der Waals surface area (Å²) in [6, 6.07) is 1.25. The lowest BCUT2D eigenvalue weighted by Gasteiger charge is -2.02. The summed E-state index contributed by atoms with van der Waals surface area (Å²) in [5.41, 5.74) is 0.149. The maximum atomic E-state index is 10.5. The number of carbonyl (C=O) groups is 1. The van der Waals surface area contributed by atoms with Crippen LogP contribution in [0.2, 0.25) is 0 Å². The van der Waals surface area contributed by atoms with E-state index in [1.165, 1.54) is 13.0 Å². The van der Waals surface area contributed by atoms with Crippen molar-refractivity contribution in [3.63, 3.8) is 0 Å². The third-order valence-corrected chi connectivity index (χ3v) is 1.77. The Morgan fingerprint density at radius 2 is 2.25 bits per heavy atom. The Hall–Kier alpha value is -1.10. The summed E-state index contributed by atoms with van der Waals surface area (Å²) in [5, 5.41) is 17.8. The zero-order valence-electron chi connectivity index (χ0n) is 6.21. The van der Waals surface area contributed by atoms with Crippen LogP contribution in [-0.2, 0) is 0 Å². The van der Waals surface area contributed by atoms with E-state index in [-0.39, 0.29) is 11.3 Å². The number of pyridine rings is 1. The predicted molar refractivity (Wildman–Crippen MR) is 45.3 cm³/mol. The number of hydrogen-bond donors (Lipinski definition) is 2. The van der Waals surface area contributed by atoms with Crippen molar-refractivity contribution < 1.29 is 15.0 Å². The molecule has 0 aliphatic carbocycles. The molecule has 0 saturated carbocycles. The molecule has 0 saturated heterocycles. The Balaban J connectivity index is 3.37. The highest BCUT2D eigenvalue weighted by molar-refractivity contribution is 9.10. The van der Waals surface area contributed by atoms with Crippen LogP contribution in [0.15, 0.2) is 10.7 Å². The molecule has 1 heterocycles. The molecule has 1 rings (SSSR count). The Labute approximate surface area is 77.0 Å². The molecule has 0 atom stereocenters. The first-order valence-corrected chi connectivity index (χ1v) is 3.91. The van der Waals surface area contributed by atoms with Crippen molar-refractivity contribution in [2.24, 2.45) is 0 Å². The van der Waals surface area contributed by atoms with Crippen LogP contribution in [0.4, 0.5) is 0 Å². The minimum atomic E-state index is -1.17. The van der Waals surface area contributed by atoms with Gasteiger partial charge in [0.15, 0.2) is 5.75 Å². The van der Waals surface area contributed by atoms with E-state index in [1.807, 2.05) is 0 Å². The number of aromatic carboxylic acids is 1. The van der Waals surface area contributed by atoms with Crippen molar-refractivity contribution in [1.82, 2.24) is 4.98 Å². The largest absolute Gasteiger partial charge is 0.505 e. The normalized spacial score (nSPS) is 9.83. The van der Waals surface area contributed by atoms with E-state index in [0.29, 0.717) is 10.3 Å². The molecule has 1 aromatic rings. The molecule has 0 aliphatic heterocycles. The van der Waals surface area contributed by atoms with Crippen molar-refractivity contribution in [1.29, 1.82) is 0 Å². The standard InChI is InChI=1S/C7H6BrNO3/c1-3-6(10)4(7(11)12)2-5(8)9-3/h2,10H,1H3,(H,11,12). The van der Waals surface area contributed by atoms with Gasteiger partial charge in [0.25, 0.3) is 0 Å². The monoisotopic (exact) mass is 231 g/mol. The molecule has 0 amide bonds. The van der Waals surface area contributed by atoms with Gasteiger partial charge in [0, 0.05) is 0 Å². The fourth-order valence-electron chi connectivity index (χ4n) is 0.791. The Bertz CT molecular complexity index is 338. The highest BCUT2D eigenvalue weighted by Gasteiger charge is 2.13. The minimum Gasteiger partial charge on any atom is -0.505 e. The van der Waals surface area contributed by atoms with Crippen LogP contribution in [0.1, 0.15) is 16.1 Å². The molecule has 64 valence electrons. The Morgan fingerprint density at radius 1 is 1.67 bits per heavy atom. The lowest BCUT2D eigenvalue weighted by molar-refractivity contribution is 0.0693. The summed E-state index contributed by atoms with van der Waals surface area (Å²) in [7, 11) is 0. The van der Waals surface area contributed by atoms with Gasteiger partial charge >= 0.3 is 5.97 Å². The minimum absolute atomic E-state index is 0.144. The molecule has 1 aromatic heterocycles. The van der Waals surface area contributed by atoms with Crippen LogP contribution in [-0.4, -0.2) is 21.2 Å². The lowest BCUT2D eigenvalue weighted by atomic mass is 10.2. The highest BCUT2D eigenvalue weighted by Crippen LogP contribution is 2.23. The number of nitrogens with zero attached hydrogens (tertiary/aromatic N) is 1. The van der Waals surface area contributed by atoms with Gasteiger partial charge in [0.2, 0.25) is 0 Å². The first-order valence-electron chi connectivity index (χ1n) is 3.11. The van der Waals surface area contributed by atoms with Crippen LogP contribution in [0.25, 0.3) is 0 Å². The van der Waals surface area contributed by atoms with Crippen LogP contribution >= 0.6 is 15.9 Å². The molecule has 0 spiro atoms. The number of carboxylic acid groups (broad SMARTS) is 1. The summed E-state index contributed by atoms with van der Waals surface area (Å²) < 4.78 is 0.398. The molecular formula is C7H6BrNO3. The smallest absolute Gasteiger partial charge is 0.339 e. The van der Waals surface area contributed by atoms with Gasteiger partial charge in [0.05, 0.1) is 5.69 Å². The number of aromatic nitrogens is 1. The number of halogens is 1. The van der Waals surface area contributed by atoms with Gasteiger partial charge in [-0.15, -0.1) is 0 Å². The Morgan fingerprint density at radius 3 is 2.75 bits per heavy atom. The molecule has 0 aliphatic rings. The maximum Gasteiger partial charge on any atom is 0.339 e. The number of hydrogen-bond acceptors (Lipinski definition) is 3. The molecule has 0 fully saturated rings. The van der Waals surface area contributed by atoms with E-state index >= 15 is 0 Å². The molecular weight excluding hydrogens is 226 g/mol. The molecule has 0 bridgehead atoms. The average Bonchev–Trinajstić information content (AvgIpc) is 1.96. The third-order valence-electron chi connectivity index (χ3n) is 1.37. The summed E-state index contributed by atoms with van der Waals surface area (Å²) in [6.07, 6.45) is 0. The number of aryl methyl sites for hydroxylation is 1. The van der Waals surface area contributed by atoms with E-state index in [1.54, 1.807) is 0 Å². The van der Waals surface area contributed by atoms with Crippen molar-refractivity contribution >= 4 is 21.9 Å². The summed E-state index contributed by atoms with van der Waals surface area (Å²) >= 11 is 3.03. The fourth-order valence-corrected chi connectivity index (χ4v) is 1.29. The number of rotatable bonds is 1. The Kier molecular flexibility index (Phi) is 2.32. The molecule has 0 aromatic carbocycles. The van der Waals surface area contributed by atoms with E-state index in [0.717, 1.165) is 0 Å². The van der Waals surface area contributed by atoms with E-state index in [4.69, 9.17) is 5.11 Å². The van der Waals surface area contributed by atoms with Gasteiger partial charge in [0.1, 0.15) is 10.2 Å². The third kappa shape index (κ3) is 1.55. The van der Waals surface area contributed by atoms with Gasteiger partial charge in [-0.3, -0.25) is 0 Å². The zero-order valence-corrected chi connectivity index (χ0v) is 7.79. The van der Waals surface area contributed by atoms with Gasteiger partial charge in [-0.1, -0.05) is 0 Å². The SMILES string of the molecule is Cc1nc(Br)cc(C(=O)O)c1O. The van der Waals surface area contributed by atoms with Gasteiger partial charge in [-0.05, 0) is 28.9 Å². The summed E-state index contributed by atoms with van der Waals surface area (Å²) in [4.78, 5) is 14.3. The molecule has 4 nitrogen and oxygen atoms in total. The number of aromatic hydroxyl groups is 1. The molecule has 0 radical (unpaired) electrons. The van der Waals surface area contributed by atoms with Crippen LogP contribution in [0.5, 0.6) is 5.75 Å². The van der Waals surface area contributed by atoms with E-state index in [9.17, 15) is 9.90 Å². The maximum absolute atomic E-state index is 10.5. The molecule has 5 heteroatoms. The van der Waals surface area contributed by atoms with Gasteiger partial charge < -0.3 is 10.2 Å². The second-order valence-electron chi connectivity index (χ2n) is 2.23.